The Kier molecular flexibility index (Phi) is 10.5. The Balaban J connectivity index is 1.79. The maximum atomic E-state index is 12.5. The number of carbonyl (C=O) groups is 3. The van der Waals surface area contributed by atoms with E-state index in [1.165, 1.54) is 0 Å². The molecule has 0 atom stereocenters. The lowest BCUT2D eigenvalue weighted by Gasteiger charge is -2.13. The fourth-order valence-electron chi connectivity index (χ4n) is 2.64. The number of hydrazine groups is 1. The Labute approximate surface area is 196 Å². The predicted octanol–water partition coefficient (Wildman–Crippen LogP) is 4.21. The number of carbonyl (C=O) groups excluding carboxylic acids is 3. The zero-order chi connectivity index (χ0) is 23.3. The van der Waals surface area contributed by atoms with Crippen LogP contribution in [0, 0.1) is 0 Å². The quantitative estimate of drug-likeness (QED) is 0.313. The Hall–Kier alpha value is -3.07. The molecule has 0 aliphatic carbocycles. The van der Waals surface area contributed by atoms with Gasteiger partial charge in [-0.1, -0.05) is 29.3 Å². The summed E-state index contributed by atoms with van der Waals surface area (Å²) in [5.74, 6) is -0.156. The van der Waals surface area contributed by atoms with E-state index in [0.29, 0.717) is 40.4 Å². The van der Waals surface area contributed by atoms with Gasteiger partial charge in [0.05, 0.1) is 18.8 Å². The highest BCUT2D eigenvalue weighted by Gasteiger charge is 2.15. The van der Waals surface area contributed by atoms with Gasteiger partial charge in [-0.05, 0) is 55.8 Å². The summed E-state index contributed by atoms with van der Waals surface area (Å²) in [6.07, 6.45) is 1.73. The molecule has 0 aliphatic rings. The van der Waals surface area contributed by atoms with Gasteiger partial charge in [0, 0.05) is 23.0 Å². The minimum absolute atomic E-state index is 0.0306. The first-order chi connectivity index (χ1) is 15.4. The highest BCUT2D eigenvalue weighted by Crippen LogP contribution is 2.23. The summed E-state index contributed by atoms with van der Waals surface area (Å²) in [7, 11) is 0. The summed E-state index contributed by atoms with van der Waals surface area (Å²) in [6.45, 7) is 5.00. The first-order valence-corrected chi connectivity index (χ1v) is 11.3. The fourth-order valence-corrected chi connectivity index (χ4v) is 3.00. The molecule has 0 saturated heterocycles. The Morgan fingerprint density at radius 2 is 1.62 bits per heavy atom. The topological polar surface area (TPSA) is 106 Å². The largest absolute Gasteiger partial charge is 0.494 e. The van der Waals surface area contributed by atoms with E-state index in [4.69, 9.17) is 9.47 Å². The van der Waals surface area contributed by atoms with E-state index in [9.17, 15) is 14.4 Å². The third-order valence-corrected chi connectivity index (χ3v) is 4.78. The van der Waals surface area contributed by atoms with E-state index < -0.39 is 11.8 Å². The SMILES string of the molecule is CCCCOc1ccc(Br)cc1C(=O)NNC(=O)CCC(=O)Nc1ccc(OCC)cc1. The van der Waals surface area contributed by atoms with E-state index in [1.54, 1.807) is 42.5 Å². The molecule has 0 aliphatic heterocycles. The second-order valence-corrected chi connectivity index (χ2v) is 7.77. The normalized spacial score (nSPS) is 10.2. The van der Waals surface area contributed by atoms with E-state index in [-0.39, 0.29) is 18.7 Å². The fraction of sp³-hybridized carbons (Fsp3) is 0.348. The molecule has 0 bridgehead atoms. The highest BCUT2D eigenvalue weighted by molar-refractivity contribution is 9.10. The predicted molar refractivity (Wildman–Crippen MR) is 126 cm³/mol. The van der Waals surface area contributed by atoms with Gasteiger partial charge in [0.15, 0.2) is 0 Å². The minimum Gasteiger partial charge on any atom is -0.494 e. The molecule has 0 spiro atoms. The zero-order valence-corrected chi connectivity index (χ0v) is 19.8. The lowest BCUT2D eigenvalue weighted by atomic mass is 10.2. The van der Waals surface area contributed by atoms with E-state index in [2.05, 4.69) is 32.1 Å². The van der Waals surface area contributed by atoms with Crippen molar-refractivity contribution in [3.8, 4) is 11.5 Å². The first-order valence-electron chi connectivity index (χ1n) is 10.5. The molecule has 0 saturated carbocycles. The summed E-state index contributed by atoms with van der Waals surface area (Å²) in [6, 6.07) is 12.0. The van der Waals surface area contributed by atoms with Gasteiger partial charge in [-0.15, -0.1) is 0 Å². The van der Waals surface area contributed by atoms with Gasteiger partial charge in [-0.2, -0.15) is 0 Å². The van der Waals surface area contributed by atoms with Crippen LogP contribution in [0.3, 0.4) is 0 Å². The number of amides is 3. The van der Waals surface area contributed by atoms with Crippen LogP contribution in [0.4, 0.5) is 5.69 Å². The third kappa shape index (κ3) is 8.58. The van der Waals surface area contributed by atoms with Crippen molar-refractivity contribution in [1.29, 1.82) is 0 Å². The van der Waals surface area contributed by atoms with E-state index >= 15 is 0 Å². The maximum absolute atomic E-state index is 12.5. The number of hydrogen-bond acceptors (Lipinski definition) is 5. The zero-order valence-electron chi connectivity index (χ0n) is 18.2. The van der Waals surface area contributed by atoms with Crippen molar-refractivity contribution in [3.05, 3.63) is 52.5 Å². The van der Waals surface area contributed by atoms with Crippen LogP contribution in [0.1, 0.15) is 49.9 Å². The number of halogens is 1. The van der Waals surface area contributed by atoms with E-state index in [0.717, 1.165) is 12.8 Å². The lowest BCUT2D eigenvalue weighted by Crippen LogP contribution is -2.42. The molecule has 3 N–H and O–H groups in total. The molecule has 0 unspecified atom stereocenters. The molecule has 2 aromatic rings. The van der Waals surface area contributed by atoms with Crippen LogP contribution in [-0.2, 0) is 9.59 Å². The number of benzene rings is 2. The van der Waals surface area contributed by atoms with Gasteiger partial charge in [0.1, 0.15) is 11.5 Å². The molecule has 0 heterocycles. The van der Waals surface area contributed by atoms with Crippen molar-refractivity contribution < 1.29 is 23.9 Å². The number of anilines is 1. The van der Waals surface area contributed by atoms with E-state index in [1.807, 2.05) is 13.8 Å². The smallest absolute Gasteiger partial charge is 0.273 e. The van der Waals surface area contributed by atoms with Crippen LogP contribution in [0.25, 0.3) is 0 Å². The Morgan fingerprint density at radius 3 is 2.31 bits per heavy atom. The van der Waals surface area contributed by atoms with Crippen LogP contribution < -0.4 is 25.6 Å². The summed E-state index contributed by atoms with van der Waals surface area (Å²) in [5.41, 5.74) is 5.60. The van der Waals surface area contributed by atoms with Gasteiger partial charge in [-0.3, -0.25) is 25.2 Å². The average Bonchev–Trinajstić information content (AvgIpc) is 2.78. The molecule has 0 radical (unpaired) electrons. The summed E-state index contributed by atoms with van der Waals surface area (Å²) >= 11 is 3.33. The molecule has 0 aromatic heterocycles. The molecule has 32 heavy (non-hydrogen) atoms. The van der Waals surface area contributed by atoms with Gasteiger partial charge >= 0.3 is 0 Å². The third-order valence-electron chi connectivity index (χ3n) is 4.29. The number of rotatable bonds is 11. The van der Waals surface area contributed by atoms with Gasteiger partial charge < -0.3 is 14.8 Å². The second kappa shape index (κ2) is 13.4. The summed E-state index contributed by atoms with van der Waals surface area (Å²) in [4.78, 5) is 36.6. The van der Waals surface area contributed by atoms with Crippen LogP contribution in [0.5, 0.6) is 11.5 Å². The second-order valence-electron chi connectivity index (χ2n) is 6.85. The first kappa shape index (κ1) is 25.2. The standard InChI is InChI=1S/C23H28BrN3O5/c1-3-5-14-32-20-11-6-16(24)15-19(20)23(30)27-26-22(29)13-12-21(28)25-17-7-9-18(10-8-17)31-4-2/h6-11,15H,3-5,12-14H2,1-2H3,(H,25,28)(H,26,29)(H,27,30). The molecule has 8 nitrogen and oxygen atoms in total. The average molecular weight is 506 g/mol. The molecule has 2 rings (SSSR count). The van der Waals surface area contributed by atoms with Crippen molar-refractivity contribution in [2.24, 2.45) is 0 Å². The van der Waals surface area contributed by atoms with Gasteiger partial charge in [-0.25, -0.2) is 0 Å². The maximum Gasteiger partial charge on any atom is 0.273 e. The molecular formula is C23H28BrN3O5. The molecule has 0 fully saturated rings. The molecular weight excluding hydrogens is 478 g/mol. The molecule has 3 amide bonds. The molecule has 9 heteroatoms. The Morgan fingerprint density at radius 1 is 0.906 bits per heavy atom. The van der Waals surface area contributed by atoms with Crippen molar-refractivity contribution in [3.63, 3.8) is 0 Å². The van der Waals surface area contributed by atoms with Crippen LogP contribution in [0.2, 0.25) is 0 Å². The monoisotopic (exact) mass is 505 g/mol. The van der Waals surface area contributed by atoms with Crippen molar-refractivity contribution in [2.45, 2.75) is 39.5 Å². The summed E-state index contributed by atoms with van der Waals surface area (Å²) in [5, 5.41) is 2.71. The number of ether oxygens (including phenoxy) is 2. The van der Waals surface area contributed by atoms with Crippen molar-refractivity contribution >= 4 is 39.3 Å². The van der Waals surface area contributed by atoms with Crippen LogP contribution >= 0.6 is 15.9 Å². The van der Waals surface area contributed by atoms with Gasteiger partial charge in [0.25, 0.3) is 5.91 Å². The summed E-state index contributed by atoms with van der Waals surface area (Å²) < 4.78 is 11.7. The lowest BCUT2D eigenvalue weighted by molar-refractivity contribution is -0.124. The van der Waals surface area contributed by atoms with Crippen molar-refractivity contribution in [2.75, 3.05) is 18.5 Å². The molecule has 2 aromatic carbocycles. The minimum atomic E-state index is -0.509. The van der Waals surface area contributed by atoms with Crippen LogP contribution in [0.15, 0.2) is 46.9 Å². The molecule has 172 valence electrons. The van der Waals surface area contributed by atoms with Gasteiger partial charge in [0.2, 0.25) is 11.8 Å². The Bertz CT molecular complexity index is 918. The number of hydrogen-bond donors (Lipinski definition) is 3. The highest BCUT2D eigenvalue weighted by atomic mass is 79.9. The number of unbranched alkanes of at least 4 members (excludes halogenated alkanes) is 1. The van der Waals surface area contributed by atoms with Crippen molar-refractivity contribution in [1.82, 2.24) is 10.9 Å². The number of nitrogens with one attached hydrogen (secondary N) is 3. The van der Waals surface area contributed by atoms with Crippen LogP contribution in [-0.4, -0.2) is 30.9 Å².